The number of aromatic nitrogens is 3. The van der Waals surface area contributed by atoms with Gasteiger partial charge in [-0.3, -0.25) is 4.90 Å². The molecule has 1 aliphatic rings. The lowest BCUT2D eigenvalue weighted by molar-refractivity contribution is 0.251. The normalized spacial score (nSPS) is 17.4. The van der Waals surface area contributed by atoms with Gasteiger partial charge in [0.05, 0.1) is 6.54 Å². The van der Waals surface area contributed by atoms with Gasteiger partial charge in [-0.05, 0) is 43.9 Å². The Bertz CT molecular complexity index is 728. The molecule has 6 heteroatoms. The summed E-state index contributed by atoms with van der Waals surface area (Å²) < 4.78 is 2.10. The fourth-order valence-corrected chi connectivity index (χ4v) is 4.35. The number of rotatable bonds is 7. The van der Waals surface area contributed by atoms with Gasteiger partial charge in [0, 0.05) is 24.4 Å². The maximum absolute atomic E-state index is 6.23. The quantitative estimate of drug-likeness (QED) is 0.524. The minimum Gasteiger partial charge on any atom is -0.308 e. The van der Waals surface area contributed by atoms with Crippen LogP contribution in [-0.4, -0.2) is 33.3 Å². The van der Waals surface area contributed by atoms with Gasteiger partial charge in [0.15, 0.2) is 5.16 Å². The van der Waals surface area contributed by atoms with Crippen molar-refractivity contribution in [3.8, 4) is 0 Å². The molecular formula is C19H25ClN4S. The summed E-state index contributed by atoms with van der Waals surface area (Å²) >= 11 is 7.90. The van der Waals surface area contributed by atoms with Crippen LogP contribution in [0.1, 0.15) is 30.7 Å². The van der Waals surface area contributed by atoms with E-state index in [2.05, 4.69) is 44.9 Å². The summed E-state index contributed by atoms with van der Waals surface area (Å²) in [5, 5.41) is 10.5. The zero-order chi connectivity index (χ0) is 17.6. The molecule has 0 amide bonds. The van der Waals surface area contributed by atoms with Crippen LogP contribution in [0, 0.1) is 5.92 Å². The van der Waals surface area contributed by atoms with Gasteiger partial charge in [0.1, 0.15) is 5.82 Å². The first kappa shape index (κ1) is 18.5. The molecule has 1 aliphatic carbocycles. The Balaban J connectivity index is 1.55. The van der Waals surface area contributed by atoms with Crippen LogP contribution in [0.5, 0.6) is 0 Å². The minimum absolute atomic E-state index is 0.761. The fourth-order valence-electron chi connectivity index (χ4n) is 3.14. The second-order valence-corrected chi connectivity index (χ2v) is 8.03. The summed E-state index contributed by atoms with van der Waals surface area (Å²) in [4.78, 5) is 2.36. The van der Waals surface area contributed by atoms with Crippen molar-refractivity contribution in [3.63, 3.8) is 0 Å². The molecule has 0 aliphatic heterocycles. The molecule has 0 saturated heterocycles. The average Bonchev–Trinajstić information content (AvgIpc) is 2.95. The Kier molecular flexibility index (Phi) is 6.57. The second kappa shape index (κ2) is 8.88. The van der Waals surface area contributed by atoms with Gasteiger partial charge in [0.2, 0.25) is 0 Å². The standard InChI is InChI=1S/C19H25ClN4S/c1-23(12-15-8-4-3-5-9-15)13-18-21-22-19(24(18)2)25-14-16-10-6-7-11-17(16)20/h3-4,6-7,10-11,15H,5,8-9,12-14H2,1-2H3. The number of halogens is 1. The molecule has 3 rings (SSSR count). The summed E-state index contributed by atoms with van der Waals surface area (Å²) in [5.41, 5.74) is 1.13. The van der Waals surface area contributed by atoms with Crippen LogP contribution in [0.4, 0.5) is 0 Å². The molecule has 1 heterocycles. The van der Waals surface area contributed by atoms with Crippen molar-refractivity contribution in [1.29, 1.82) is 0 Å². The average molecular weight is 377 g/mol. The molecule has 25 heavy (non-hydrogen) atoms. The molecule has 1 aromatic heterocycles. The van der Waals surface area contributed by atoms with Crippen molar-refractivity contribution >= 4 is 23.4 Å². The highest BCUT2D eigenvalue weighted by Crippen LogP contribution is 2.26. The van der Waals surface area contributed by atoms with Crippen molar-refractivity contribution in [3.05, 3.63) is 52.8 Å². The maximum Gasteiger partial charge on any atom is 0.191 e. The Labute approximate surface area is 159 Å². The Morgan fingerprint density at radius 2 is 2.12 bits per heavy atom. The van der Waals surface area contributed by atoms with Gasteiger partial charge in [0.25, 0.3) is 0 Å². The zero-order valence-corrected chi connectivity index (χ0v) is 16.4. The smallest absolute Gasteiger partial charge is 0.191 e. The van der Waals surface area contributed by atoms with E-state index in [1.807, 2.05) is 25.2 Å². The van der Waals surface area contributed by atoms with E-state index in [-0.39, 0.29) is 0 Å². The van der Waals surface area contributed by atoms with E-state index < -0.39 is 0 Å². The highest BCUT2D eigenvalue weighted by Gasteiger charge is 2.16. The third-order valence-corrected chi connectivity index (χ3v) is 6.04. The number of hydrogen-bond donors (Lipinski definition) is 0. The molecule has 2 aromatic rings. The van der Waals surface area contributed by atoms with Crippen LogP contribution < -0.4 is 0 Å². The van der Waals surface area contributed by atoms with Gasteiger partial charge in [-0.25, -0.2) is 0 Å². The highest BCUT2D eigenvalue weighted by molar-refractivity contribution is 7.98. The molecule has 0 N–H and O–H groups in total. The first-order valence-electron chi connectivity index (χ1n) is 8.71. The topological polar surface area (TPSA) is 34.0 Å². The molecule has 134 valence electrons. The number of allylic oxidation sites excluding steroid dienone is 2. The van der Waals surface area contributed by atoms with E-state index in [0.29, 0.717) is 0 Å². The highest BCUT2D eigenvalue weighted by atomic mass is 35.5. The molecule has 0 fully saturated rings. The number of nitrogens with zero attached hydrogens (tertiary/aromatic N) is 4. The van der Waals surface area contributed by atoms with Gasteiger partial charge >= 0.3 is 0 Å². The lowest BCUT2D eigenvalue weighted by atomic mass is 9.94. The number of benzene rings is 1. The molecule has 4 nitrogen and oxygen atoms in total. The van der Waals surface area contributed by atoms with Gasteiger partial charge in [-0.1, -0.05) is 53.7 Å². The second-order valence-electron chi connectivity index (χ2n) is 6.69. The first-order valence-corrected chi connectivity index (χ1v) is 10.1. The number of thioether (sulfide) groups is 1. The number of hydrogen-bond acceptors (Lipinski definition) is 4. The van der Waals surface area contributed by atoms with E-state index in [1.54, 1.807) is 11.8 Å². The fraction of sp³-hybridized carbons (Fsp3) is 0.474. The molecule has 1 unspecified atom stereocenters. The Morgan fingerprint density at radius 1 is 1.28 bits per heavy atom. The zero-order valence-electron chi connectivity index (χ0n) is 14.9. The molecular weight excluding hydrogens is 352 g/mol. The Hall–Kier alpha value is -1.30. The predicted molar refractivity (Wildman–Crippen MR) is 105 cm³/mol. The summed E-state index contributed by atoms with van der Waals surface area (Å²) in [7, 11) is 4.21. The van der Waals surface area contributed by atoms with Crippen molar-refractivity contribution in [2.24, 2.45) is 13.0 Å². The van der Waals surface area contributed by atoms with E-state index >= 15 is 0 Å². The molecule has 0 saturated carbocycles. The van der Waals surface area contributed by atoms with E-state index in [4.69, 9.17) is 11.6 Å². The van der Waals surface area contributed by atoms with Gasteiger partial charge in [-0.15, -0.1) is 10.2 Å². The molecule has 0 bridgehead atoms. The van der Waals surface area contributed by atoms with Gasteiger partial charge in [-0.2, -0.15) is 0 Å². The van der Waals surface area contributed by atoms with Crippen LogP contribution in [0.2, 0.25) is 5.02 Å². The van der Waals surface area contributed by atoms with Crippen molar-refractivity contribution in [2.75, 3.05) is 13.6 Å². The molecule has 1 atom stereocenters. The van der Waals surface area contributed by atoms with Crippen LogP contribution in [-0.2, 0) is 19.3 Å². The van der Waals surface area contributed by atoms with Crippen molar-refractivity contribution in [1.82, 2.24) is 19.7 Å². The summed E-state index contributed by atoms with van der Waals surface area (Å²) in [6, 6.07) is 7.95. The van der Waals surface area contributed by atoms with E-state index in [1.165, 1.54) is 19.3 Å². The van der Waals surface area contributed by atoms with Crippen LogP contribution in [0.25, 0.3) is 0 Å². The van der Waals surface area contributed by atoms with E-state index in [9.17, 15) is 0 Å². The SMILES string of the molecule is CN(Cc1nnc(SCc2ccccc2Cl)n1C)CC1CC=CCC1. The van der Waals surface area contributed by atoms with Crippen LogP contribution >= 0.6 is 23.4 Å². The lowest BCUT2D eigenvalue weighted by Gasteiger charge is -2.24. The summed E-state index contributed by atoms with van der Waals surface area (Å²) in [6.45, 7) is 1.94. The van der Waals surface area contributed by atoms with E-state index in [0.717, 1.165) is 46.3 Å². The first-order chi connectivity index (χ1) is 12.1. The largest absolute Gasteiger partial charge is 0.308 e. The molecule has 1 aromatic carbocycles. The predicted octanol–water partition coefficient (Wildman–Crippen LogP) is 4.55. The maximum atomic E-state index is 6.23. The third-order valence-electron chi connectivity index (χ3n) is 4.60. The third kappa shape index (κ3) is 5.09. The van der Waals surface area contributed by atoms with Crippen LogP contribution in [0.15, 0.2) is 41.6 Å². The van der Waals surface area contributed by atoms with Crippen molar-refractivity contribution in [2.45, 2.75) is 36.7 Å². The monoisotopic (exact) mass is 376 g/mol. The minimum atomic E-state index is 0.761. The summed E-state index contributed by atoms with van der Waals surface area (Å²) in [6.07, 6.45) is 8.31. The van der Waals surface area contributed by atoms with Crippen molar-refractivity contribution < 1.29 is 0 Å². The lowest BCUT2D eigenvalue weighted by Crippen LogP contribution is -2.27. The van der Waals surface area contributed by atoms with Gasteiger partial charge < -0.3 is 4.57 Å². The molecule has 0 radical (unpaired) electrons. The molecule has 0 spiro atoms. The summed E-state index contributed by atoms with van der Waals surface area (Å²) in [5.74, 6) is 2.57. The Morgan fingerprint density at radius 3 is 2.88 bits per heavy atom. The van der Waals surface area contributed by atoms with Crippen LogP contribution in [0.3, 0.4) is 0 Å².